The minimum absolute atomic E-state index is 0.360. The Kier molecular flexibility index (Phi) is 6.06. The summed E-state index contributed by atoms with van der Waals surface area (Å²) in [5, 5.41) is 0. The molecule has 32 heavy (non-hydrogen) atoms. The molecule has 5 rings (SSSR count). The van der Waals surface area contributed by atoms with Crippen LogP contribution in [0.1, 0.15) is 43.1 Å². The molecule has 1 aliphatic carbocycles. The van der Waals surface area contributed by atoms with Crippen molar-refractivity contribution in [1.29, 1.82) is 0 Å². The lowest BCUT2D eigenvalue weighted by Crippen LogP contribution is -2.16. The summed E-state index contributed by atoms with van der Waals surface area (Å²) in [6.07, 6.45) is 5.79. The molecule has 3 aromatic carbocycles. The van der Waals surface area contributed by atoms with Crippen molar-refractivity contribution in [3.8, 4) is 28.3 Å². The van der Waals surface area contributed by atoms with E-state index in [9.17, 15) is 0 Å². The van der Waals surface area contributed by atoms with E-state index in [0.717, 1.165) is 53.5 Å². The van der Waals surface area contributed by atoms with Crippen molar-refractivity contribution in [2.75, 3.05) is 7.11 Å². The van der Waals surface area contributed by atoms with Gasteiger partial charge in [-0.3, -0.25) is 0 Å². The minimum atomic E-state index is 0.360. The van der Waals surface area contributed by atoms with Gasteiger partial charge in [-0.15, -0.1) is 0 Å². The second-order valence-electron chi connectivity index (χ2n) is 8.75. The molecule has 0 spiro atoms. The fourth-order valence-corrected chi connectivity index (χ4v) is 4.92. The van der Waals surface area contributed by atoms with Crippen LogP contribution in [0.25, 0.3) is 22.6 Å². The van der Waals surface area contributed by atoms with Crippen molar-refractivity contribution in [3.05, 3.63) is 96.4 Å². The molecular formula is C29H29NO2. The summed E-state index contributed by atoms with van der Waals surface area (Å²) in [5.74, 6) is 3.69. The lowest BCUT2D eigenvalue weighted by Gasteiger charge is -2.27. The number of benzene rings is 3. The standard InChI is InChI=1S/C29H29NO2/c1-31-26-17-9-11-22(20-26)18-21-10-8-16-25(19-21)29-30-27(23-12-4-2-5-13-23)28(32-29)24-14-6-3-7-15-24/h2-7,9,11-15,17,20-21,25H,8,10,16,18-19H2,1H3. The average molecular weight is 424 g/mol. The zero-order chi connectivity index (χ0) is 21.8. The van der Waals surface area contributed by atoms with Gasteiger partial charge in [0.2, 0.25) is 0 Å². The van der Waals surface area contributed by atoms with Crippen LogP contribution < -0.4 is 4.74 Å². The molecular weight excluding hydrogens is 394 g/mol. The normalized spacial score (nSPS) is 18.4. The Morgan fingerprint density at radius 1 is 0.875 bits per heavy atom. The molecule has 1 fully saturated rings. The lowest BCUT2D eigenvalue weighted by atomic mass is 9.78. The van der Waals surface area contributed by atoms with Crippen LogP contribution in [0, 0.1) is 5.92 Å². The molecule has 2 unspecified atom stereocenters. The predicted octanol–water partition coefficient (Wildman–Crippen LogP) is 7.53. The SMILES string of the molecule is COc1cccc(CC2CCCC(c3nc(-c4ccccc4)c(-c4ccccc4)o3)C2)c1. The topological polar surface area (TPSA) is 35.3 Å². The van der Waals surface area contributed by atoms with E-state index in [1.807, 2.05) is 18.2 Å². The van der Waals surface area contributed by atoms with Crippen LogP contribution in [-0.2, 0) is 6.42 Å². The maximum atomic E-state index is 6.50. The van der Waals surface area contributed by atoms with Gasteiger partial charge >= 0.3 is 0 Å². The van der Waals surface area contributed by atoms with Gasteiger partial charge in [0.1, 0.15) is 11.4 Å². The maximum Gasteiger partial charge on any atom is 0.198 e. The van der Waals surface area contributed by atoms with E-state index < -0.39 is 0 Å². The van der Waals surface area contributed by atoms with Gasteiger partial charge in [-0.2, -0.15) is 0 Å². The average Bonchev–Trinajstić information content (AvgIpc) is 3.31. The second-order valence-corrected chi connectivity index (χ2v) is 8.75. The summed E-state index contributed by atoms with van der Waals surface area (Å²) in [7, 11) is 1.73. The monoisotopic (exact) mass is 423 g/mol. The molecule has 0 aliphatic heterocycles. The second kappa shape index (κ2) is 9.44. The Hall–Kier alpha value is -3.33. The molecule has 3 heteroatoms. The summed E-state index contributed by atoms with van der Waals surface area (Å²) in [6.45, 7) is 0. The molecule has 0 N–H and O–H groups in total. The first-order valence-electron chi connectivity index (χ1n) is 11.5. The van der Waals surface area contributed by atoms with Gasteiger partial charge in [0.25, 0.3) is 0 Å². The fourth-order valence-electron chi connectivity index (χ4n) is 4.92. The van der Waals surface area contributed by atoms with Crippen LogP contribution in [0.2, 0.25) is 0 Å². The van der Waals surface area contributed by atoms with Gasteiger partial charge in [0, 0.05) is 17.0 Å². The summed E-state index contributed by atoms with van der Waals surface area (Å²) < 4.78 is 11.9. The molecule has 1 heterocycles. The van der Waals surface area contributed by atoms with Crippen molar-refractivity contribution >= 4 is 0 Å². The number of oxazole rings is 1. The first kappa shape index (κ1) is 20.6. The van der Waals surface area contributed by atoms with Crippen molar-refractivity contribution in [2.45, 2.75) is 38.0 Å². The van der Waals surface area contributed by atoms with Crippen LogP contribution in [0.3, 0.4) is 0 Å². The zero-order valence-electron chi connectivity index (χ0n) is 18.5. The molecule has 0 radical (unpaired) electrons. The van der Waals surface area contributed by atoms with E-state index in [-0.39, 0.29) is 0 Å². The first-order valence-corrected chi connectivity index (χ1v) is 11.5. The van der Waals surface area contributed by atoms with Crippen LogP contribution in [0.5, 0.6) is 5.75 Å². The Morgan fingerprint density at radius 2 is 1.62 bits per heavy atom. The van der Waals surface area contributed by atoms with Gasteiger partial charge in [-0.1, -0.05) is 85.6 Å². The number of hydrogen-bond acceptors (Lipinski definition) is 3. The van der Waals surface area contributed by atoms with E-state index in [1.54, 1.807) is 7.11 Å². The number of hydrogen-bond donors (Lipinski definition) is 0. The molecule has 2 atom stereocenters. The van der Waals surface area contributed by atoms with Crippen molar-refractivity contribution in [2.24, 2.45) is 5.92 Å². The molecule has 162 valence electrons. The molecule has 0 amide bonds. The number of ether oxygens (including phenoxy) is 1. The van der Waals surface area contributed by atoms with E-state index in [1.165, 1.54) is 18.4 Å². The van der Waals surface area contributed by atoms with Gasteiger partial charge in [0.05, 0.1) is 7.11 Å². The van der Waals surface area contributed by atoms with E-state index >= 15 is 0 Å². The van der Waals surface area contributed by atoms with Crippen LogP contribution in [-0.4, -0.2) is 12.1 Å². The third kappa shape index (κ3) is 4.47. The molecule has 1 aliphatic rings. The van der Waals surface area contributed by atoms with E-state index in [4.69, 9.17) is 14.1 Å². The summed E-state index contributed by atoms with van der Waals surface area (Å²) in [4.78, 5) is 5.06. The molecule has 0 saturated heterocycles. The molecule has 4 aromatic rings. The molecule has 1 aromatic heterocycles. The third-order valence-corrected chi connectivity index (χ3v) is 6.52. The van der Waals surface area contributed by atoms with E-state index in [0.29, 0.717) is 11.8 Å². The molecule has 0 bridgehead atoms. The fraction of sp³-hybridized carbons (Fsp3) is 0.276. The highest BCUT2D eigenvalue weighted by Gasteiger charge is 2.29. The quantitative estimate of drug-likeness (QED) is 0.321. The Bertz CT molecular complexity index is 1090. The van der Waals surface area contributed by atoms with E-state index in [2.05, 4.69) is 66.7 Å². The van der Waals surface area contributed by atoms with Gasteiger partial charge in [-0.25, -0.2) is 4.98 Å². The molecule has 3 nitrogen and oxygen atoms in total. The summed E-state index contributed by atoms with van der Waals surface area (Å²) in [6, 6.07) is 29.2. The van der Waals surface area contributed by atoms with Crippen molar-refractivity contribution in [1.82, 2.24) is 4.98 Å². The number of aromatic nitrogens is 1. The molecule has 1 saturated carbocycles. The first-order chi connectivity index (χ1) is 15.8. The predicted molar refractivity (Wildman–Crippen MR) is 129 cm³/mol. The lowest BCUT2D eigenvalue weighted by molar-refractivity contribution is 0.286. The highest BCUT2D eigenvalue weighted by molar-refractivity contribution is 5.76. The highest BCUT2D eigenvalue weighted by atomic mass is 16.5. The van der Waals surface area contributed by atoms with Crippen LogP contribution in [0.15, 0.2) is 89.3 Å². The van der Waals surface area contributed by atoms with Crippen LogP contribution >= 0.6 is 0 Å². The van der Waals surface area contributed by atoms with Gasteiger partial charge in [-0.05, 0) is 42.9 Å². The third-order valence-electron chi connectivity index (χ3n) is 6.52. The van der Waals surface area contributed by atoms with Crippen LogP contribution in [0.4, 0.5) is 0 Å². The van der Waals surface area contributed by atoms with Gasteiger partial charge < -0.3 is 9.15 Å². The van der Waals surface area contributed by atoms with Gasteiger partial charge in [0.15, 0.2) is 11.7 Å². The van der Waals surface area contributed by atoms with Crippen molar-refractivity contribution < 1.29 is 9.15 Å². The number of rotatable bonds is 6. The Morgan fingerprint density at radius 3 is 2.38 bits per heavy atom. The Labute approximate surface area is 190 Å². The number of nitrogens with zero attached hydrogens (tertiary/aromatic N) is 1. The zero-order valence-corrected chi connectivity index (χ0v) is 18.5. The largest absolute Gasteiger partial charge is 0.497 e. The maximum absolute atomic E-state index is 6.50. The summed E-state index contributed by atoms with van der Waals surface area (Å²) >= 11 is 0. The minimum Gasteiger partial charge on any atom is -0.497 e. The smallest absolute Gasteiger partial charge is 0.198 e. The van der Waals surface area contributed by atoms with Crippen molar-refractivity contribution in [3.63, 3.8) is 0 Å². The summed E-state index contributed by atoms with van der Waals surface area (Å²) in [5.41, 5.74) is 4.47. The number of methoxy groups -OCH3 is 1. The highest BCUT2D eigenvalue weighted by Crippen LogP contribution is 2.41. The Balaban J connectivity index is 1.42.